The first kappa shape index (κ1) is 20.2. The van der Waals surface area contributed by atoms with E-state index >= 15 is 0 Å². The highest BCUT2D eigenvalue weighted by atomic mass is 15.3. The van der Waals surface area contributed by atoms with Gasteiger partial charge in [-0.3, -0.25) is 4.90 Å². The van der Waals surface area contributed by atoms with Gasteiger partial charge in [-0.15, -0.1) is 0 Å². The van der Waals surface area contributed by atoms with Crippen LogP contribution in [0.15, 0.2) is 84.9 Å². The first-order valence-corrected chi connectivity index (χ1v) is 11.2. The number of anilines is 1. The van der Waals surface area contributed by atoms with Crippen LogP contribution in [0.4, 0.5) is 5.82 Å². The Morgan fingerprint density at radius 1 is 0.812 bits per heavy atom. The fourth-order valence-electron chi connectivity index (χ4n) is 4.43. The summed E-state index contributed by atoms with van der Waals surface area (Å²) in [5.41, 5.74) is 5.17. The Hall–Kier alpha value is -3.68. The molecule has 0 aliphatic carbocycles. The van der Waals surface area contributed by atoms with Crippen molar-refractivity contribution in [2.75, 3.05) is 37.6 Å². The molecule has 4 nitrogen and oxygen atoms in total. The zero-order chi connectivity index (χ0) is 21.8. The summed E-state index contributed by atoms with van der Waals surface area (Å²) in [6.45, 7) is 5.18. The molecule has 1 aliphatic heterocycles. The lowest BCUT2D eigenvalue weighted by Gasteiger charge is -2.35. The molecule has 158 valence electrons. The summed E-state index contributed by atoms with van der Waals surface area (Å²) in [4.78, 5) is 10.0. The van der Waals surface area contributed by atoms with Crippen LogP contribution in [0.5, 0.6) is 0 Å². The highest BCUT2D eigenvalue weighted by Gasteiger charge is 2.18. The highest BCUT2D eigenvalue weighted by molar-refractivity contribution is 5.94. The highest BCUT2D eigenvalue weighted by Crippen LogP contribution is 2.30. The molecule has 4 aromatic rings. The molecule has 1 aromatic heterocycles. The number of rotatable bonds is 5. The van der Waals surface area contributed by atoms with Gasteiger partial charge in [-0.2, -0.15) is 5.26 Å². The van der Waals surface area contributed by atoms with Crippen molar-refractivity contribution in [1.29, 1.82) is 5.26 Å². The number of aromatic nitrogens is 1. The predicted octanol–water partition coefficient (Wildman–Crippen LogP) is 5.14. The van der Waals surface area contributed by atoms with Crippen LogP contribution in [-0.2, 0) is 6.42 Å². The van der Waals surface area contributed by atoms with Gasteiger partial charge in [-0.25, -0.2) is 4.98 Å². The maximum atomic E-state index is 9.28. The Morgan fingerprint density at radius 2 is 1.62 bits per heavy atom. The smallest absolute Gasteiger partial charge is 0.129 e. The van der Waals surface area contributed by atoms with Crippen molar-refractivity contribution in [3.05, 3.63) is 96.1 Å². The Bertz CT molecular complexity index is 1250. The second-order valence-corrected chi connectivity index (χ2v) is 8.30. The van der Waals surface area contributed by atoms with E-state index in [4.69, 9.17) is 4.98 Å². The molecule has 0 radical (unpaired) electrons. The van der Waals surface area contributed by atoms with Crippen LogP contribution >= 0.6 is 0 Å². The number of benzene rings is 3. The molecule has 5 rings (SSSR count). The standard InChI is InChI=1S/C28H26N4/c29-21-23-8-4-10-25(20-23)26-11-5-9-24-12-13-27(30-28(24)26)32-18-16-31(17-19-32)15-14-22-6-2-1-3-7-22/h1-13,20H,14-19H2. The van der Waals surface area contributed by atoms with Gasteiger partial charge in [-0.1, -0.05) is 60.7 Å². The van der Waals surface area contributed by atoms with Gasteiger partial charge in [0.05, 0.1) is 17.1 Å². The average Bonchev–Trinajstić information content (AvgIpc) is 2.88. The van der Waals surface area contributed by atoms with E-state index in [-0.39, 0.29) is 0 Å². The Labute approximate surface area is 189 Å². The van der Waals surface area contributed by atoms with Gasteiger partial charge in [0.15, 0.2) is 0 Å². The number of nitriles is 1. The van der Waals surface area contributed by atoms with Crippen molar-refractivity contribution in [1.82, 2.24) is 9.88 Å². The van der Waals surface area contributed by atoms with Crippen molar-refractivity contribution >= 4 is 16.7 Å². The monoisotopic (exact) mass is 418 g/mol. The molecule has 0 unspecified atom stereocenters. The summed E-state index contributed by atoms with van der Waals surface area (Å²) in [5.74, 6) is 1.03. The van der Waals surface area contributed by atoms with Gasteiger partial charge in [0.25, 0.3) is 0 Å². The van der Waals surface area contributed by atoms with Gasteiger partial charge in [0.1, 0.15) is 5.82 Å². The van der Waals surface area contributed by atoms with Crippen LogP contribution in [0.3, 0.4) is 0 Å². The zero-order valence-electron chi connectivity index (χ0n) is 18.1. The summed E-state index contributed by atoms with van der Waals surface area (Å²) < 4.78 is 0. The largest absolute Gasteiger partial charge is 0.354 e. The van der Waals surface area contributed by atoms with Crippen molar-refractivity contribution in [2.24, 2.45) is 0 Å². The van der Waals surface area contributed by atoms with Crippen LogP contribution in [0.1, 0.15) is 11.1 Å². The molecule has 1 fully saturated rings. The molecule has 0 N–H and O–H groups in total. The van der Waals surface area contributed by atoms with Gasteiger partial charge in [0.2, 0.25) is 0 Å². The molecule has 0 spiro atoms. The van der Waals surface area contributed by atoms with Crippen LogP contribution in [0.25, 0.3) is 22.0 Å². The lowest BCUT2D eigenvalue weighted by atomic mass is 10.0. The summed E-state index contributed by atoms with van der Waals surface area (Å²) in [7, 11) is 0. The number of hydrogen-bond acceptors (Lipinski definition) is 4. The fourth-order valence-corrected chi connectivity index (χ4v) is 4.43. The molecular formula is C28H26N4. The molecule has 0 saturated carbocycles. The van der Waals surface area contributed by atoms with E-state index in [2.05, 4.69) is 82.6 Å². The molecule has 2 heterocycles. The van der Waals surface area contributed by atoms with E-state index in [0.29, 0.717) is 5.56 Å². The summed E-state index contributed by atoms with van der Waals surface area (Å²) in [6, 6.07) is 31.3. The predicted molar refractivity (Wildman–Crippen MR) is 131 cm³/mol. The lowest BCUT2D eigenvalue weighted by Crippen LogP contribution is -2.47. The quantitative estimate of drug-likeness (QED) is 0.450. The number of pyridine rings is 1. The number of hydrogen-bond donors (Lipinski definition) is 0. The van der Waals surface area contributed by atoms with Gasteiger partial charge >= 0.3 is 0 Å². The van der Waals surface area contributed by atoms with Crippen LogP contribution in [0.2, 0.25) is 0 Å². The maximum Gasteiger partial charge on any atom is 0.129 e. The lowest BCUT2D eigenvalue weighted by molar-refractivity contribution is 0.260. The molecule has 32 heavy (non-hydrogen) atoms. The molecule has 1 saturated heterocycles. The van der Waals surface area contributed by atoms with Gasteiger partial charge < -0.3 is 4.90 Å². The first-order valence-electron chi connectivity index (χ1n) is 11.2. The third-order valence-electron chi connectivity index (χ3n) is 6.26. The van der Waals surface area contributed by atoms with Gasteiger partial charge in [0, 0.05) is 43.7 Å². The molecule has 0 bridgehead atoms. The SMILES string of the molecule is N#Cc1cccc(-c2cccc3ccc(N4CCN(CCc5ccccc5)CC4)nc23)c1. The minimum absolute atomic E-state index is 0.669. The maximum absolute atomic E-state index is 9.28. The third kappa shape index (κ3) is 4.34. The molecule has 3 aromatic carbocycles. The van der Waals surface area contributed by atoms with E-state index in [9.17, 15) is 5.26 Å². The van der Waals surface area contributed by atoms with Crippen molar-refractivity contribution < 1.29 is 0 Å². The van der Waals surface area contributed by atoms with E-state index in [1.807, 2.05) is 18.2 Å². The molecular weight excluding hydrogens is 392 g/mol. The third-order valence-corrected chi connectivity index (χ3v) is 6.26. The number of fused-ring (bicyclic) bond motifs is 1. The summed E-state index contributed by atoms with van der Waals surface area (Å²) in [5, 5.41) is 10.4. The minimum atomic E-state index is 0.669. The first-order chi connectivity index (χ1) is 15.8. The molecule has 0 amide bonds. The molecule has 0 atom stereocenters. The second-order valence-electron chi connectivity index (χ2n) is 8.30. The van der Waals surface area contributed by atoms with E-state index in [1.54, 1.807) is 0 Å². The normalized spacial score (nSPS) is 14.4. The van der Waals surface area contributed by atoms with Crippen molar-refractivity contribution in [2.45, 2.75) is 6.42 Å². The average molecular weight is 419 g/mol. The number of para-hydroxylation sites is 1. The second kappa shape index (κ2) is 9.21. The van der Waals surface area contributed by atoms with E-state index in [0.717, 1.165) is 67.0 Å². The molecule has 1 aliphatic rings. The van der Waals surface area contributed by atoms with Crippen LogP contribution in [-0.4, -0.2) is 42.6 Å². The number of piperazine rings is 1. The van der Waals surface area contributed by atoms with Crippen molar-refractivity contribution in [3.8, 4) is 17.2 Å². The minimum Gasteiger partial charge on any atom is -0.354 e. The Balaban J connectivity index is 1.32. The van der Waals surface area contributed by atoms with E-state index < -0.39 is 0 Å². The summed E-state index contributed by atoms with van der Waals surface area (Å²) >= 11 is 0. The van der Waals surface area contributed by atoms with Crippen LogP contribution < -0.4 is 4.90 Å². The molecule has 4 heteroatoms. The number of nitrogens with zero attached hydrogens (tertiary/aromatic N) is 4. The van der Waals surface area contributed by atoms with Crippen molar-refractivity contribution in [3.63, 3.8) is 0 Å². The van der Waals surface area contributed by atoms with E-state index in [1.165, 1.54) is 5.56 Å². The zero-order valence-corrected chi connectivity index (χ0v) is 18.1. The Morgan fingerprint density at radius 3 is 2.44 bits per heavy atom. The fraction of sp³-hybridized carbons (Fsp3) is 0.214. The van der Waals surface area contributed by atoms with Gasteiger partial charge in [-0.05, 0) is 41.8 Å². The summed E-state index contributed by atoms with van der Waals surface area (Å²) in [6.07, 6.45) is 1.10. The van der Waals surface area contributed by atoms with Crippen LogP contribution in [0, 0.1) is 11.3 Å². The Kier molecular flexibility index (Phi) is 5.83. The topological polar surface area (TPSA) is 43.2 Å².